The molecule has 0 bridgehead atoms. The summed E-state index contributed by atoms with van der Waals surface area (Å²) in [7, 11) is 0. The molecule has 5 rings (SSSR count). The maximum atomic E-state index is 6.68. The van der Waals surface area contributed by atoms with Gasteiger partial charge in [0.05, 0.1) is 0 Å². The second kappa shape index (κ2) is 7.69. The van der Waals surface area contributed by atoms with Crippen molar-refractivity contribution < 1.29 is 0 Å². The van der Waals surface area contributed by atoms with Crippen LogP contribution >= 0.6 is 0 Å². The van der Waals surface area contributed by atoms with Gasteiger partial charge in [0.25, 0.3) is 0 Å². The van der Waals surface area contributed by atoms with Crippen molar-refractivity contribution in [2.24, 2.45) is 5.73 Å². The maximum absolute atomic E-state index is 6.68. The fourth-order valence-electron chi connectivity index (χ4n) is 4.88. The monoisotopic (exact) mass is 396 g/mol. The first kappa shape index (κ1) is 19.0. The topological polar surface area (TPSA) is 56.7 Å². The summed E-state index contributed by atoms with van der Waals surface area (Å²) < 4.78 is 2.54. The number of pyridine rings is 2. The third kappa shape index (κ3) is 3.63. The van der Waals surface area contributed by atoms with Crippen LogP contribution in [0.15, 0.2) is 67.3 Å². The number of rotatable bonds is 4. The Kier molecular flexibility index (Phi) is 4.87. The Labute approximate surface area is 177 Å². The van der Waals surface area contributed by atoms with Crippen molar-refractivity contribution in [2.45, 2.75) is 51.1 Å². The molecule has 30 heavy (non-hydrogen) atoms. The normalized spacial score (nSPS) is 18.9. The van der Waals surface area contributed by atoms with Crippen molar-refractivity contribution in [3.05, 3.63) is 84.1 Å². The van der Waals surface area contributed by atoms with Crippen LogP contribution in [-0.4, -0.2) is 20.1 Å². The number of nitrogens with two attached hydrogens (primary N) is 1. The van der Waals surface area contributed by atoms with Crippen molar-refractivity contribution in [2.75, 3.05) is 0 Å². The van der Waals surface area contributed by atoms with Crippen LogP contribution in [0.4, 0.5) is 0 Å². The third-order valence-electron chi connectivity index (χ3n) is 6.39. The Morgan fingerprint density at radius 1 is 1.03 bits per heavy atom. The lowest BCUT2D eigenvalue weighted by Crippen LogP contribution is -2.37. The van der Waals surface area contributed by atoms with E-state index in [9.17, 15) is 0 Å². The molecule has 2 N–H and O–H groups in total. The zero-order valence-electron chi connectivity index (χ0n) is 17.5. The molecule has 4 nitrogen and oxygen atoms in total. The first-order valence-electron chi connectivity index (χ1n) is 10.8. The molecule has 3 aromatic heterocycles. The molecule has 0 fully saturated rings. The minimum atomic E-state index is -0.152. The molecule has 0 spiro atoms. The van der Waals surface area contributed by atoms with Gasteiger partial charge in [-0.2, -0.15) is 0 Å². The summed E-state index contributed by atoms with van der Waals surface area (Å²) in [6.07, 6.45) is 12.7. The molecule has 0 radical (unpaired) electrons. The van der Waals surface area contributed by atoms with Crippen LogP contribution in [0.1, 0.15) is 36.6 Å². The van der Waals surface area contributed by atoms with Crippen LogP contribution in [0, 0.1) is 0 Å². The lowest BCUT2D eigenvalue weighted by Gasteiger charge is -2.22. The minimum Gasteiger partial charge on any atom is -0.344 e. The molecule has 4 aromatic rings. The van der Waals surface area contributed by atoms with Crippen LogP contribution in [-0.2, 0) is 25.8 Å². The zero-order valence-corrected chi connectivity index (χ0v) is 17.5. The molecule has 1 aliphatic carbocycles. The van der Waals surface area contributed by atoms with Gasteiger partial charge in [0.15, 0.2) is 0 Å². The summed E-state index contributed by atoms with van der Waals surface area (Å²) in [5.74, 6) is 0. The van der Waals surface area contributed by atoms with E-state index in [-0.39, 0.29) is 5.54 Å². The summed E-state index contributed by atoms with van der Waals surface area (Å²) in [4.78, 5) is 8.45. The van der Waals surface area contributed by atoms with Crippen molar-refractivity contribution in [3.8, 4) is 11.1 Å². The highest BCUT2D eigenvalue weighted by Gasteiger charge is 2.28. The first-order chi connectivity index (χ1) is 14.6. The van der Waals surface area contributed by atoms with Crippen molar-refractivity contribution in [1.29, 1.82) is 0 Å². The van der Waals surface area contributed by atoms with Crippen LogP contribution in [0.3, 0.4) is 0 Å². The Bertz CT molecular complexity index is 1160. The summed E-state index contributed by atoms with van der Waals surface area (Å²) in [5.41, 5.74) is 14.5. The van der Waals surface area contributed by atoms with E-state index >= 15 is 0 Å². The average Bonchev–Trinajstić information content (AvgIpc) is 2.93. The van der Waals surface area contributed by atoms with Gasteiger partial charge in [-0.05, 0) is 91.6 Å². The second-order valence-electron chi connectivity index (χ2n) is 8.84. The molecule has 0 amide bonds. The summed E-state index contributed by atoms with van der Waals surface area (Å²) in [6, 6.07) is 15.2. The van der Waals surface area contributed by atoms with Gasteiger partial charge in [-0.1, -0.05) is 12.1 Å². The highest BCUT2D eigenvalue weighted by Crippen LogP contribution is 2.36. The number of hydrogen-bond donors (Lipinski definition) is 1. The van der Waals surface area contributed by atoms with Crippen LogP contribution < -0.4 is 5.73 Å². The molecular weight excluding hydrogens is 368 g/mol. The fourth-order valence-corrected chi connectivity index (χ4v) is 4.88. The van der Waals surface area contributed by atoms with E-state index in [2.05, 4.69) is 57.9 Å². The van der Waals surface area contributed by atoms with Crippen LogP contribution in [0.2, 0.25) is 0 Å². The van der Waals surface area contributed by atoms with E-state index in [0.717, 1.165) is 38.6 Å². The molecule has 3 heterocycles. The van der Waals surface area contributed by atoms with E-state index < -0.39 is 0 Å². The molecule has 1 aromatic carbocycles. The molecule has 0 aliphatic heterocycles. The number of nitrogens with zero attached hydrogens (tertiary/aromatic N) is 3. The Hall–Kier alpha value is -2.98. The lowest BCUT2D eigenvalue weighted by molar-refractivity contribution is 0.429. The first-order valence-corrected chi connectivity index (χ1v) is 10.8. The maximum Gasteiger partial charge on any atom is 0.0485 e. The van der Waals surface area contributed by atoms with Crippen LogP contribution in [0.25, 0.3) is 22.0 Å². The Morgan fingerprint density at radius 3 is 2.70 bits per heavy atom. The van der Waals surface area contributed by atoms with Gasteiger partial charge in [-0.25, -0.2) is 0 Å². The molecule has 0 saturated heterocycles. The molecule has 1 unspecified atom stereocenters. The SMILES string of the molecule is CC1(N)CCCc2c(c3cc(-c4ccncc4)ccc3n2CCc2cccnc2)C1. The number of aryl methyl sites for hydroxylation is 2. The van der Waals surface area contributed by atoms with E-state index in [1.54, 1.807) is 0 Å². The van der Waals surface area contributed by atoms with Gasteiger partial charge >= 0.3 is 0 Å². The quantitative estimate of drug-likeness (QED) is 0.497. The Balaban J connectivity index is 1.62. The largest absolute Gasteiger partial charge is 0.344 e. The summed E-state index contributed by atoms with van der Waals surface area (Å²) >= 11 is 0. The number of aromatic nitrogens is 3. The van der Waals surface area contributed by atoms with Crippen molar-refractivity contribution in [1.82, 2.24) is 14.5 Å². The molecule has 152 valence electrons. The van der Waals surface area contributed by atoms with Gasteiger partial charge in [0.1, 0.15) is 0 Å². The van der Waals surface area contributed by atoms with E-state index in [4.69, 9.17) is 5.73 Å². The second-order valence-corrected chi connectivity index (χ2v) is 8.84. The number of benzene rings is 1. The molecule has 0 saturated carbocycles. The molecular formula is C26H28N4. The molecule has 4 heteroatoms. The molecule has 1 atom stereocenters. The van der Waals surface area contributed by atoms with Gasteiger partial charge < -0.3 is 10.3 Å². The summed E-state index contributed by atoms with van der Waals surface area (Å²) in [6.45, 7) is 3.17. The smallest absolute Gasteiger partial charge is 0.0485 e. The van der Waals surface area contributed by atoms with Gasteiger partial charge in [0.2, 0.25) is 0 Å². The van der Waals surface area contributed by atoms with Crippen molar-refractivity contribution in [3.63, 3.8) is 0 Å². The lowest BCUT2D eigenvalue weighted by atomic mass is 9.91. The van der Waals surface area contributed by atoms with Gasteiger partial charge in [-0.15, -0.1) is 0 Å². The fraction of sp³-hybridized carbons (Fsp3) is 0.308. The summed E-state index contributed by atoms with van der Waals surface area (Å²) in [5, 5.41) is 1.35. The number of fused-ring (bicyclic) bond motifs is 3. The highest BCUT2D eigenvalue weighted by atomic mass is 15.0. The predicted molar refractivity (Wildman–Crippen MR) is 122 cm³/mol. The van der Waals surface area contributed by atoms with E-state index in [1.807, 2.05) is 30.9 Å². The van der Waals surface area contributed by atoms with E-state index in [1.165, 1.54) is 38.9 Å². The molecule has 1 aliphatic rings. The average molecular weight is 397 g/mol. The standard InChI is InChI=1S/C26H28N4/c1-26(27)11-2-5-24-23(17-26)22-16-21(20-8-13-28-14-9-20)6-7-25(22)30(24)15-10-19-4-3-12-29-18-19/h3-4,6-9,12-14,16,18H,2,5,10-11,15,17,27H2,1H3. The third-order valence-corrected chi connectivity index (χ3v) is 6.39. The Morgan fingerprint density at radius 2 is 1.90 bits per heavy atom. The predicted octanol–water partition coefficient (Wildman–Crippen LogP) is 4.94. The van der Waals surface area contributed by atoms with E-state index in [0.29, 0.717) is 0 Å². The van der Waals surface area contributed by atoms with Crippen molar-refractivity contribution >= 4 is 10.9 Å². The number of hydrogen-bond acceptors (Lipinski definition) is 3. The van der Waals surface area contributed by atoms with Gasteiger partial charge in [-0.3, -0.25) is 9.97 Å². The van der Waals surface area contributed by atoms with Crippen LogP contribution in [0.5, 0.6) is 0 Å². The minimum absolute atomic E-state index is 0.152. The van der Waals surface area contributed by atoms with Gasteiger partial charge in [0, 0.05) is 53.5 Å². The zero-order chi connectivity index (χ0) is 20.6. The highest BCUT2D eigenvalue weighted by molar-refractivity contribution is 5.90.